The predicted octanol–water partition coefficient (Wildman–Crippen LogP) is 4.57. The summed E-state index contributed by atoms with van der Waals surface area (Å²) in [5.41, 5.74) is 4.38. The van der Waals surface area contributed by atoms with E-state index in [2.05, 4.69) is 59.3 Å². The molecule has 2 aromatic heterocycles. The van der Waals surface area contributed by atoms with Crippen molar-refractivity contribution in [2.24, 2.45) is 4.99 Å². The van der Waals surface area contributed by atoms with E-state index < -0.39 is 0 Å². The summed E-state index contributed by atoms with van der Waals surface area (Å²) in [6.07, 6.45) is 3.89. The number of hydrogen-bond acceptors (Lipinski definition) is 2. The zero-order valence-electron chi connectivity index (χ0n) is 12.4. The van der Waals surface area contributed by atoms with Gasteiger partial charge < -0.3 is 8.98 Å². The Morgan fingerprint density at radius 2 is 1.78 bits per heavy atom. The van der Waals surface area contributed by atoms with Crippen LogP contribution in [0, 0.1) is 0 Å². The molecule has 0 fully saturated rings. The van der Waals surface area contributed by atoms with Crippen molar-refractivity contribution in [2.75, 3.05) is 0 Å². The van der Waals surface area contributed by atoms with Crippen LogP contribution in [-0.2, 0) is 6.54 Å². The van der Waals surface area contributed by atoms with Gasteiger partial charge in [0.2, 0.25) is 0 Å². The smallest absolute Gasteiger partial charge is 0.161 e. The summed E-state index contributed by atoms with van der Waals surface area (Å²) in [7, 11) is 0. The van der Waals surface area contributed by atoms with Gasteiger partial charge in [0, 0.05) is 17.0 Å². The van der Waals surface area contributed by atoms with Crippen LogP contribution in [0.3, 0.4) is 0 Å². The molecule has 1 aliphatic rings. The lowest BCUT2D eigenvalue weighted by Crippen LogP contribution is -2.07. The quantitative estimate of drug-likeness (QED) is 0.506. The van der Waals surface area contributed by atoms with Crippen LogP contribution in [-0.4, -0.2) is 10.3 Å². The van der Waals surface area contributed by atoms with Gasteiger partial charge in [0.1, 0.15) is 5.71 Å². The van der Waals surface area contributed by atoms with E-state index in [-0.39, 0.29) is 0 Å². The molecule has 0 saturated carbocycles. The molecule has 2 aromatic carbocycles. The molecular formula is C20H14N2O. The zero-order chi connectivity index (χ0) is 15.2. The van der Waals surface area contributed by atoms with Crippen molar-refractivity contribution in [1.82, 2.24) is 4.57 Å². The molecule has 0 aliphatic carbocycles. The third-order valence-electron chi connectivity index (χ3n) is 4.37. The van der Waals surface area contributed by atoms with Gasteiger partial charge in [0.25, 0.3) is 0 Å². The Balaban J connectivity index is 1.78. The second kappa shape index (κ2) is 4.71. The number of hydrogen-bond donors (Lipinski definition) is 0. The van der Waals surface area contributed by atoms with Crippen LogP contribution in [0.15, 0.2) is 82.5 Å². The summed E-state index contributed by atoms with van der Waals surface area (Å²) < 4.78 is 8.08. The largest absolute Gasteiger partial charge is 0.461 e. The first-order valence-electron chi connectivity index (χ1n) is 7.69. The van der Waals surface area contributed by atoms with Crippen molar-refractivity contribution in [1.29, 1.82) is 0 Å². The molecule has 0 bridgehead atoms. The van der Waals surface area contributed by atoms with E-state index >= 15 is 0 Å². The van der Waals surface area contributed by atoms with E-state index in [1.165, 1.54) is 11.3 Å². The summed E-state index contributed by atoms with van der Waals surface area (Å²) in [6, 6.07) is 20.7. The maximum Gasteiger partial charge on any atom is 0.161 e. The summed E-state index contributed by atoms with van der Waals surface area (Å²) in [6.45, 7) is 0.655. The number of aliphatic imine (C=N–C) groups is 1. The van der Waals surface area contributed by atoms with Gasteiger partial charge in [-0.15, -0.1) is 0 Å². The third-order valence-corrected chi connectivity index (χ3v) is 4.37. The molecule has 0 amide bonds. The number of aromatic nitrogens is 1. The molecule has 1 aliphatic heterocycles. The molecule has 4 aromatic rings. The number of fused-ring (bicyclic) bond motifs is 4. The highest BCUT2D eigenvalue weighted by atomic mass is 16.3. The van der Waals surface area contributed by atoms with Gasteiger partial charge in [-0.2, -0.15) is 0 Å². The molecule has 0 atom stereocenters. The van der Waals surface area contributed by atoms with Gasteiger partial charge in [-0.3, -0.25) is 4.99 Å². The standard InChI is InChI=1S/C20H14N2O/c1-3-8-16-15(7-1)13-23-20(16)19-18-10-5-11-22(18)17-9-4-2-6-14(17)12-21-19/h1-11,13H,12H2. The van der Waals surface area contributed by atoms with E-state index in [0.717, 1.165) is 27.9 Å². The molecule has 3 nitrogen and oxygen atoms in total. The Labute approximate surface area is 133 Å². The van der Waals surface area contributed by atoms with Crippen molar-refractivity contribution >= 4 is 16.5 Å². The second-order valence-corrected chi connectivity index (χ2v) is 5.71. The Morgan fingerprint density at radius 3 is 2.78 bits per heavy atom. The van der Waals surface area contributed by atoms with E-state index in [4.69, 9.17) is 9.41 Å². The van der Waals surface area contributed by atoms with E-state index in [9.17, 15) is 0 Å². The van der Waals surface area contributed by atoms with Crippen molar-refractivity contribution in [3.63, 3.8) is 0 Å². The summed E-state index contributed by atoms with van der Waals surface area (Å²) in [4.78, 5) is 4.87. The monoisotopic (exact) mass is 298 g/mol. The van der Waals surface area contributed by atoms with Crippen LogP contribution in [0.1, 0.15) is 17.0 Å². The minimum atomic E-state index is 0.655. The molecule has 0 N–H and O–H groups in total. The molecule has 0 radical (unpaired) electrons. The maximum absolute atomic E-state index is 5.89. The summed E-state index contributed by atoms with van der Waals surface area (Å²) in [5.74, 6) is 0.841. The van der Waals surface area contributed by atoms with Crippen LogP contribution in [0.5, 0.6) is 0 Å². The molecule has 110 valence electrons. The molecular weight excluding hydrogens is 284 g/mol. The van der Waals surface area contributed by atoms with Crippen molar-refractivity contribution < 1.29 is 4.42 Å². The normalized spacial score (nSPS) is 13.3. The summed E-state index contributed by atoms with van der Waals surface area (Å²) in [5, 5.41) is 2.20. The first-order chi connectivity index (χ1) is 11.4. The fourth-order valence-electron chi connectivity index (χ4n) is 3.27. The molecule has 0 saturated heterocycles. The van der Waals surface area contributed by atoms with Crippen LogP contribution in [0.2, 0.25) is 0 Å². The van der Waals surface area contributed by atoms with Crippen LogP contribution >= 0.6 is 0 Å². The Kier molecular flexibility index (Phi) is 2.56. The second-order valence-electron chi connectivity index (χ2n) is 5.71. The van der Waals surface area contributed by atoms with Gasteiger partial charge in [-0.1, -0.05) is 42.5 Å². The van der Waals surface area contributed by atoms with Crippen molar-refractivity contribution in [2.45, 2.75) is 6.54 Å². The SMILES string of the molecule is c1ccc2c(c1)CN=C(c1occ3ccccc13)c1cccn1-2. The molecule has 0 spiro atoms. The van der Waals surface area contributed by atoms with Crippen molar-refractivity contribution in [3.8, 4) is 5.69 Å². The van der Waals surface area contributed by atoms with Gasteiger partial charge in [0.15, 0.2) is 5.76 Å². The lowest BCUT2D eigenvalue weighted by molar-refractivity contribution is 0.562. The van der Waals surface area contributed by atoms with Gasteiger partial charge in [-0.05, 0) is 23.8 Å². The molecule has 3 heteroatoms. The Morgan fingerprint density at radius 1 is 0.913 bits per heavy atom. The zero-order valence-corrected chi connectivity index (χ0v) is 12.4. The molecule has 23 heavy (non-hydrogen) atoms. The fraction of sp³-hybridized carbons (Fsp3) is 0.0500. The number of rotatable bonds is 1. The Bertz CT molecular complexity index is 1050. The van der Waals surface area contributed by atoms with E-state index in [1.807, 2.05) is 12.1 Å². The van der Waals surface area contributed by atoms with Crippen LogP contribution in [0.4, 0.5) is 0 Å². The van der Waals surface area contributed by atoms with Gasteiger partial charge in [-0.25, -0.2) is 0 Å². The minimum absolute atomic E-state index is 0.655. The lowest BCUT2D eigenvalue weighted by atomic mass is 10.1. The number of benzene rings is 2. The third kappa shape index (κ3) is 1.80. The number of nitrogens with zero attached hydrogens (tertiary/aromatic N) is 2. The highest BCUT2D eigenvalue weighted by molar-refractivity contribution is 6.17. The fourth-order valence-corrected chi connectivity index (χ4v) is 3.27. The van der Waals surface area contributed by atoms with Crippen LogP contribution in [0.25, 0.3) is 16.5 Å². The molecule has 0 unspecified atom stereocenters. The highest BCUT2D eigenvalue weighted by Crippen LogP contribution is 2.28. The minimum Gasteiger partial charge on any atom is -0.461 e. The topological polar surface area (TPSA) is 30.4 Å². The van der Waals surface area contributed by atoms with Crippen LogP contribution < -0.4 is 0 Å². The predicted molar refractivity (Wildman–Crippen MR) is 91.3 cm³/mol. The molecule has 3 heterocycles. The summed E-state index contributed by atoms with van der Waals surface area (Å²) >= 11 is 0. The van der Waals surface area contributed by atoms with Gasteiger partial charge in [0.05, 0.1) is 24.2 Å². The van der Waals surface area contributed by atoms with Gasteiger partial charge >= 0.3 is 0 Å². The van der Waals surface area contributed by atoms with Crippen molar-refractivity contribution in [3.05, 3.63) is 90.1 Å². The lowest BCUT2D eigenvalue weighted by Gasteiger charge is -2.09. The highest BCUT2D eigenvalue weighted by Gasteiger charge is 2.21. The average molecular weight is 298 g/mol. The number of para-hydroxylation sites is 1. The first-order valence-corrected chi connectivity index (χ1v) is 7.69. The number of furan rings is 1. The average Bonchev–Trinajstić information content (AvgIpc) is 3.21. The van der Waals surface area contributed by atoms with E-state index in [1.54, 1.807) is 6.26 Å². The maximum atomic E-state index is 5.89. The first kappa shape index (κ1) is 12.5. The Hall–Kier alpha value is -3.07. The molecule has 5 rings (SSSR count). The van der Waals surface area contributed by atoms with E-state index in [0.29, 0.717) is 6.54 Å².